The van der Waals surface area contributed by atoms with Crippen molar-refractivity contribution in [1.82, 2.24) is 5.32 Å². The lowest BCUT2D eigenvalue weighted by atomic mass is 10.1. The van der Waals surface area contributed by atoms with E-state index in [1.165, 1.54) is 5.56 Å². The van der Waals surface area contributed by atoms with Gasteiger partial charge in [-0.3, -0.25) is 0 Å². The SMILES string of the molecule is CC(C)CNCc1ccc(Br)cc1N(C)CC(C)O. The number of aliphatic hydroxyl groups is 1. The standard InChI is InChI=1S/C15H25BrN2O/c1-11(2)8-17-9-13-5-6-14(16)7-15(13)18(4)10-12(3)19/h5-7,11-12,17,19H,8-10H2,1-4H3. The fraction of sp³-hybridized carbons (Fsp3) is 0.600. The first-order chi connectivity index (χ1) is 8.90. The Balaban J connectivity index is 2.79. The molecule has 108 valence electrons. The zero-order valence-corrected chi connectivity index (χ0v) is 13.9. The monoisotopic (exact) mass is 328 g/mol. The third kappa shape index (κ3) is 5.93. The first-order valence-corrected chi connectivity index (χ1v) is 7.57. The third-order valence-corrected chi connectivity index (χ3v) is 3.36. The highest BCUT2D eigenvalue weighted by Crippen LogP contribution is 2.24. The summed E-state index contributed by atoms with van der Waals surface area (Å²) in [6.45, 7) is 8.71. The molecule has 3 nitrogen and oxygen atoms in total. The molecule has 4 heteroatoms. The van der Waals surface area contributed by atoms with E-state index >= 15 is 0 Å². The Bertz CT molecular complexity index is 394. The van der Waals surface area contributed by atoms with E-state index < -0.39 is 0 Å². The number of hydrogen-bond acceptors (Lipinski definition) is 3. The van der Waals surface area contributed by atoms with Gasteiger partial charge < -0.3 is 15.3 Å². The van der Waals surface area contributed by atoms with Crippen LogP contribution in [0.15, 0.2) is 22.7 Å². The van der Waals surface area contributed by atoms with Crippen molar-refractivity contribution in [3.8, 4) is 0 Å². The quantitative estimate of drug-likeness (QED) is 0.807. The van der Waals surface area contributed by atoms with Crippen LogP contribution in [-0.4, -0.2) is 31.3 Å². The number of likely N-dealkylation sites (N-methyl/N-ethyl adjacent to an activating group) is 1. The van der Waals surface area contributed by atoms with E-state index in [-0.39, 0.29) is 6.10 Å². The van der Waals surface area contributed by atoms with Gasteiger partial charge in [0.2, 0.25) is 0 Å². The van der Waals surface area contributed by atoms with Crippen molar-refractivity contribution in [2.75, 3.05) is 25.0 Å². The number of nitrogens with zero attached hydrogens (tertiary/aromatic N) is 1. The van der Waals surface area contributed by atoms with Gasteiger partial charge in [0.25, 0.3) is 0 Å². The predicted octanol–water partition coefficient (Wildman–Crippen LogP) is 3.01. The average Bonchev–Trinajstić information content (AvgIpc) is 2.29. The lowest BCUT2D eigenvalue weighted by Crippen LogP contribution is -2.28. The van der Waals surface area contributed by atoms with Crippen LogP contribution in [0, 0.1) is 5.92 Å². The predicted molar refractivity (Wildman–Crippen MR) is 85.6 cm³/mol. The molecule has 0 aromatic heterocycles. The number of nitrogens with one attached hydrogen (secondary N) is 1. The summed E-state index contributed by atoms with van der Waals surface area (Å²) in [6.07, 6.45) is -0.333. The van der Waals surface area contributed by atoms with Crippen LogP contribution in [0.1, 0.15) is 26.3 Å². The van der Waals surface area contributed by atoms with E-state index in [1.54, 1.807) is 0 Å². The topological polar surface area (TPSA) is 35.5 Å². The van der Waals surface area contributed by atoms with E-state index in [4.69, 9.17) is 0 Å². The summed E-state index contributed by atoms with van der Waals surface area (Å²) in [5.74, 6) is 0.647. The highest BCUT2D eigenvalue weighted by molar-refractivity contribution is 9.10. The molecule has 1 aromatic carbocycles. The van der Waals surface area contributed by atoms with E-state index in [9.17, 15) is 5.11 Å². The summed E-state index contributed by atoms with van der Waals surface area (Å²) in [4.78, 5) is 2.10. The van der Waals surface area contributed by atoms with Gasteiger partial charge in [-0.25, -0.2) is 0 Å². The molecule has 0 saturated heterocycles. The van der Waals surface area contributed by atoms with E-state index in [1.807, 2.05) is 14.0 Å². The van der Waals surface area contributed by atoms with Crippen molar-refractivity contribution in [3.63, 3.8) is 0 Å². The number of hydrogen-bond donors (Lipinski definition) is 2. The maximum atomic E-state index is 9.52. The van der Waals surface area contributed by atoms with Gasteiger partial charge in [-0.1, -0.05) is 35.8 Å². The number of anilines is 1. The molecule has 2 N–H and O–H groups in total. The molecule has 1 aromatic rings. The summed E-state index contributed by atoms with van der Waals surface area (Å²) in [5.41, 5.74) is 2.42. The second-order valence-corrected chi connectivity index (χ2v) is 6.44. The summed E-state index contributed by atoms with van der Waals surface area (Å²) < 4.78 is 1.06. The molecule has 0 heterocycles. The molecule has 0 radical (unpaired) electrons. The summed E-state index contributed by atoms with van der Waals surface area (Å²) in [6, 6.07) is 6.30. The van der Waals surface area contributed by atoms with Crippen molar-refractivity contribution < 1.29 is 5.11 Å². The van der Waals surface area contributed by atoms with Crippen LogP contribution >= 0.6 is 15.9 Å². The highest BCUT2D eigenvalue weighted by Gasteiger charge is 2.10. The summed E-state index contributed by atoms with van der Waals surface area (Å²) in [7, 11) is 2.01. The van der Waals surface area contributed by atoms with Crippen molar-refractivity contribution >= 4 is 21.6 Å². The zero-order valence-electron chi connectivity index (χ0n) is 12.3. The second-order valence-electron chi connectivity index (χ2n) is 5.53. The van der Waals surface area contributed by atoms with E-state index in [2.05, 4.69) is 58.2 Å². The first-order valence-electron chi connectivity index (χ1n) is 6.78. The van der Waals surface area contributed by atoms with Crippen molar-refractivity contribution in [3.05, 3.63) is 28.2 Å². The normalized spacial score (nSPS) is 12.8. The summed E-state index contributed by atoms with van der Waals surface area (Å²) >= 11 is 3.51. The van der Waals surface area contributed by atoms with Crippen LogP contribution in [0.2, 0.25) is 0 Å². The van der Waals surface area contributed by atoms with Crippen molar-refractivity contribution in [2.45, 2.75) is 33.4 Å². The molecule has 19 heavy (non-hydrogen) atoms. The van der Waals surface area contributed by atoms with Crippen LogP contribution in [0.4, 0.5) is 5.69 Å². The van der Waals surface area contributed by atoms with Crippen LogP contribution < -0.4 is 10.2 Å². The Morgan fingerprint density at radius 1 is 1.32 bits per heavy atom. The van der Waals surface area contributed by atoms with Gasteiger partial charge in [0.15, 0.2) is 0 Å². The average molecular weight is 329 g/mol. The minimum Gasteiger partial charge on any atom is -0.392 e. The molecule has 0 aliphatic heterocycles. The molecule has 0 bridgehead atoms. The largest absolute Gasteiger partial charge is 0.392 e. The molecular weight excluding hydrogens is 304 g/mol. The van der Waals surface area contributed by atoms with Crippen molar-refractivity contribution in [1.29, 1.82) is 0 Å². The molecular formula is C15H25BrN2O. The van der Waals surface area contributed by atoms with Crippen LogP contribution in [-0.2, 0) is 6.54 Å². The molecule has 1 rings (SSSR count). The Kier molecular flexibility index (Phi) is 6.83. The lowest BCUT2D eigenvalue weighted by molar-refractivity contribution is 0.201. The number of halogens is 1. The molecule has 0 spiro atoms. The maximum absolute atomic E-state index is 9.52. The molecule has 0 aliphatic carbocycles. The molecule has 0 fully saturated rings. The van der Waals surface area contributed by atoms with Crippen molar-refractivity contribution in [2.24, 2.45) is 5.92 Å². The molecule has 0 saturated carbocycles. The van der Waals surface area contributed by atoms with Gasteiger partial charge in [-0.15, -0.1) is 0 Å². The Morgan fingerprint density at radius 2 is 2.00 bits per heavy atom. The third-order valence-electron chi connectivity index (χ3n) is 2.86. The summed E-state index contributed by atoms with van der Waals surface area (Å²) in [5, 5.41) is 13.0. The fourth-order valence-corrected chi connectivity index (χ4v) is 2.38. The van der Waals surface area contributed by atoms with Gasteiger partial charge in [-0.05, 0) is 37.1 Å². The molecule has 0 amide bonds. The fourth-order valence-electron chi connectivity index (χ4n) is 2.03. The number of aliphatic hydroxyl groups excluding tert-OH is 1. The number of benzene rings is 1. The first kappa shape index (κ1) is 16.5. The number of rotatable bonds is 7. The van der Waals surface area contributed by atoms with Gasteiger partial charge in [0.05, 0.1) is 6.10 Å². The van der Waals surface area contributed by atoms with Gasteiger partial charge in [-0.2, -0.15) is 0 Å². The minimum atomic E-state index is -0.333. The smallest absolute Gasteiger partial charge is 0.0686 e. The molecule has 0 aliphatic rings. The Morgan fingerprint density at radius 3 is 2.58 bits per heavy atom. The zero-order chi connectivity index (χ0) is 14.4. The van der Waals surface area contributed by atoms with Crippen LogP contribution in [0.25, 0.3) is 0 Å². The Labute approximate surface area is 125 Å². The highest BCUT2D eigenvalue weighted by atomic mass is 79.9. The van der Waals surface area contributed by atoms with Crippen LogP contribution in [0.3, 0.4) is 0 Å². The maximum Gasteiger partial charge on any atom is 0.0686 e. The van der Waals surface area contributed by atoms with Crippen LogP contribution in [0.5, 0.6) is 0 Å². The second kappa shape index (κ2) is 7.88. The Hall–Kier alpha value is -0.580. The molecule has 1 atom stereocenters. The van der Waals surface area contributed by atoms with Gasteiger partial charge in [0.1, 0.15) is 0 Å². The van der Waals surface area contributed by atoms with Gasteiger partial charge >= 0.3 is 0 Å². The molecule has 1 unspecified atom stereocenters. The van der Waals surface area contributed by atoms with E-state index in [0.717, 1.165) is 23.2 Å². The lowest BCUT2D eigenvalue weighted by Gasteiger charge is -2.24. The van der Waals surface area contributed by atoms with E-state index in [0.29, 0.717) is 12.5 Å². The minimum absolute atomic E-state index is 0.333. The van der Waals surface area contributed by atoms with Gasteiger partial charge in [0, 0.05) is 30.3 Å².